The van der Waals surface area contributed by atoms with E-state index in [-0.39, 0.29) is 11.3 Å². The van der Waals surface area contributed by atoms with Gasteiger partial charge in [-0.25, -0.2) is 4.39 Å². The summed E-state index contributed by atoms with van der Waals surface area (Å²) in [7, 11) is 0. The minimum Gasteiger partial charge on any atom is -0.508 e. The van der Waals surface area contributed by atoms with Crippen LogP contribution in [0.3, 0.4) is 0 Å². The molecule has 0 aliphatic rings. The largest absolute Gasteiger partial charge is 0.508 e. The quantitative estimate of drug-likeness (QED) is 0.776. The average molecular weight is 230 g/mol. The van der Waals surface area contributed by atoms with Crippen LogP contribution in [0.4, 0.5) is 4.39 Å². The summed E-state index contributed by atoms with van der Waals surface area (Å²) in [6.45, 7) is 0. The van der Waals surface area contributed by atoms with Crippen LogP contribution in [0.1, 0.15) is 11.1 Å². The molecule has 2 rings (SSSR count). The van der Waals surface area contributed by atoms with Gasteiger partial charge in [0.15, 0.2) is 11.6 Å². The van der Waals surface area contributed by atoms with Gasteiger partial charge in [0.25, 0.3) is 0 Å². The zero-order valence-corrected chi connectivity index (χ0v) is 8.97. The maximum atomic E-state index is 13.5. The Labute approximate surface area is 98.3 Å². The summed E-state index contributed by atoms with van der Waals surface area (Å²) >= 11 is 0. The van der Waals surface area contributed by atoms with Crippen LogP contribution in [0, 0.1) is 5.82 Å². The van der Waals surface area contributed by atoms with Gasteiger partial charge in [0.2, 0.25) is 0 Å². The highest BCUT2D eigenvalue weighted by Crippen LogP contribution is 2.26. The van der Waals surface area contributed by atoms with Gasteiger partial charge in [0.1, 0.15) is 5.75 Å². The SMILES string of the molecule is Oc1cc(O)c(F)c(C=Cc2ccccc2)c1. The average Bonchev–Trinajstić information content (AvgIpc) is 2.33. The maximum Gasteiger partial charge on any atom is 0.172 e. The molecule has 0 atom stereocenters. The Kier molecular flexibility index (Phi) is 3.10. The molecule has 0 aliphatic carbocycles. The molecule has 0 saturated carbocycles. The normalized spacial score (nSPS) is 10.9. The molecule has 2 nitrogen and oxygen atoms in total. The van der Waals surface area contributed by atoms with E-state index in [2.05, 4.69) is 0 Å². The van der Waals surface area contributed by atoms with Crippen LogP contribution in [0.5, 0.6) is 11.5 Å². The van der Waals surface area contributed by atoms with Gasteiger partial charge in [-0.1, -0.05) is 42.5 Å². The third-order valence-corrected chi connectivity index (χ3v) is 2.32. The number of hydrogen-bond donors (Lipinski definition) is 2. The van der Waals surface area contributed by atoms with Gasteiger partial charge >= 0.3 is 0 Å². The second-order valence-electron chi connectivity index (χ2n) is 3.61. The molecule has 0 aliphatic heterocycles. The molecule has 0 spiro atoms. The van der Waals surface area contributed by atoms with E-state index in [1.807, 2.05) is 30.3 Å². The topological polar surface area (TPSA) is 40.5 Å². The lowest BCUT2D eigenvalue weighted by molar-refractivity contribution is 0.418. The van der Waals surface area contributed by atoms with Gasteiger partial charge in [-0.15, -0.1) is 0 Å². The number of phenolic OH excluding ortho intramolecular Hbond substituents is 2. The molecule has 0 amide bonds. The molecule has 3 heteroatoms. The van der Waals surface area contributed by atoms with Crippen molar-refractivity contribution in [2.75, 3.05) is 0 Å². The van der Waals surface area contributed by atoms with E-state index in [1.54, 1.807) is 6.08 Å². The van der Waals surface area contributed by atoms with Gasteiger partial charge in [0, 0.05) is 11.6 Å². The van der Waals surface area contributed by atoms with E-state index < -0.39 is 11.6 Å². The van der Waals surface area contributed by atoms with Gasteiger partial charge in [-0.3, -0.25) is 0 Å². The molecule has 2 aromatic rings. The van der Waals surface area contributed by atoms with E-state index >= 15 is 0 Å². The van der Waals surface area contributed by atoms with Crippen molar-refractivity contribution >= 4 is 12.2 Å². The standard InChI is InChI=1S/C14H11FO2/c15-14-11(8-12(16)9-13(14)17)7-6-10-4-2-1-3-5-10/h1-9,16-17H. The Balaban J connectivity index is 2.33. The third-order valence-electron chi connectivity index (χ3n) is 2.32. The predicted molar refractivity (Wildman–Crippen MR) is 65.1 cm³/mol. The summed E-state index contributed by atoms with van der Waals surface area (Å²) in [6.07, 6.45) is 3.21. The summed E-state index contributed by atoms with van der Waals surface area (Å²) in [6, 6.07) is 11.6. The second-order valence-corrected chi connectivity index (χ2v) is 3.61. The molecule has 2 N–H and O–H groups in total. The summed E-state index contributed by atoms with van der Waals surface area (Å²) in [5.74, 6) is -1.47. The number of hydrogen-bond acceptors (Lipinski definition) is 2. The Morgan fingerprint density at radius 1 is 0.941 bits per heavy atom. The van der Waals surface area contributed by atoms with Gasteiger partial charge < -0.3 is 10.2 Å². The molecule has 86 valence electrons. The molecular weight excluding hydrogens is 219 g/mol. The van der Waals surface area contributed by atoms with Crippen molar-refractivity contribution in [2.45, 2.75) is 0 Å². The van der Waals surface area contributed by atoms with Crippen LogP contribution in [0.2, 0.25) is 0 Å². The number of rotatable bonds is 2. The van der Waals surface area contributed by atoms with E-state index in [1.165, 1.54) is 12.1 Å². The van der Waals surface area contributed by atoms with Crippen LogP contribution >= 0.6 is 0 Å². The molecule has 0 heterocycles. The number of aromatic hydroxyl groups is 2. The number of phenols is 2. The zero-order chi connectivity index (χ0) is 12.3. The van der Waals surface area contributed by atoms with E-state index in [0.29, 0.717) is 0 Å². The number of benzene rings is 2. The molecule has 0 fully saturated rings. The highest BCUT2D eigenvalue weighted by atomic mass is 19.1. The van der Waals surface area contributed by atoms with E-state index in [0.717, 1.165) is 11.6 Å². The van der Waals surface area contributed by atoms with Crippen molar-refractivity contribution in [2.24, 2.45) is 0 Å². The van der Waals surface area contributed by atoms with Crippen molar-refractivity contribution in [1.29, 1.82) is 0 Å². The summed E-state index contributed by atoms with van der Waals surface area (Å²) in [4.78, 5) is 0. The van der Waals surface area contributed by atoms with Crippen molar-refractivity contribution < 1.29 is 14.6 Å². The van der Waals surface area contributed by atoms with E-state index in [9.17, 15) is 14.6 Å². The van der Waals surface area contributed by atoms with Gasteiger partial charge in [-0.05, 0) is 11.6 Å². The minimum absolute atomic E-state index is 0.145. The summed E-state index contributed by atoms with van der Waals surface area (Å²) in [5, 5.41) is 18.5. The highest BCUT2D eigenvalue weighted by molar-refractivity contribution is 5.71. The first-order valence-electron chi connectivity index (χ1n) is 5.11. The lowest BCUT2D eigenvalue weighted by Crippen LogP contribution is -1.83. The lowest BCUT2D eigenvalue weighted by Gasteiger charge is -2.01. The minimum atomic E-state index is -0.741. The van der Waals surface area contributed by atoms with Crippen molar-refractivity contribution in [3.63, 3.8) is 0 Å². The van der Waals surface area contributed by atoms with Gasteiger partial charge in [0.05, 0.1) is 0 Å². The first-order chi connectivity index (χ1) is 8.16. The summed E-state index contributed by atoms with van der Waals surface area (Å²) in [5.41, 5.74) is 1.06. The molecule has 0 bridgehead atoms. The van der Waals surface area contributed by atoms with Crippen LogP contribution in [-0.2, 0) is 0 Å². The smallest absolute Gasteiger partial charge is 0.172 e. The molecular formula is C14H11FO2. The molecule has 0 radical (unpaired) electrons. The fourth-order valence-corrected chi connectivity index (χ4v) is 1.49. The summed E-state index contributed by atoms with van der Waals surface area (Å²) < 4.78 is 13.5. The fourth-order valence-electron chi connectivity index (χ4n) is 1.49. The Morgan fingerprint density at radius 2 is 1.65 bits per heavy atom. The Morgan fingerprint density at radius 3 is 2.35 bits per heavy atom. The lowest BCUT2D eigenvalue weighted by atomic mass is 10.1. The second kappa shape index (κ2) is 4.70. The molecule has 0 saturated heterocycles. The van der Waals surface area contributed by atoms with Crippen molar-refractivity contribution in [3.05, 3.63) is 59.4 Å². The zero-order valence-electron chi connectivity index (χ0n) is 8.97. The van der Waals surface area contributed by atoms with Crippen LogP contribution in [0.25, 0.3) is 12.2 Å². The van der Waals surface area contributed by atoms with Crippen molar-refractivity contribution in [1.82, 2.24) is 0 Å². The van der Waals surface area contributed by atoms with Gasteiger partial charge in [-0.2, -0.15) is 0 Å². The molecule has 0 unspecified atom stereocenters. The molecule has 2 aromatic carbocycles. The van der Waals surface area contributed by atoms with E-state index in [4.69, 9.17) is 0 Å². The Hall–Kier alpha value is -2.29. The first kappa shape index (κ1) is 11.2. The monoisotopic (exact) mass is 230 g/mol. The van der Waals surface area contributed by atoms with Crippen molar-refractivity contribution in [3.8, 4) is 11.5 Å². The fraction of sp³-hybridized carbons (Fsp3) is 0. The van der Waals surface area contributed by atoms with Crippen LogP contribution < -0.4 is 0 Å². The number of halogens is 1. The third kappa shape index (κ3) is 2.64. The van der Waals surface area contributed by atoms with Crippen LogP contribution in [-0.4, -0.2) is 10.2 Å². The molecule has 17 heavy (non-hydrogen) atoms. The maximum absolute atomic E-state index is 13.5. The predicted octanol–water partition coefficient (Wildman–Crippen LogP) is 3.41. The highest BCUT2D eigenvalue weighted by Gasteiger charge is 2.06. The Bertz CT molecular complexity index is 548. The first-order valence-corrected chi connectivity index (χ1v) is 5.11. The molecule has 0 aromatic heterocycles. The van der Waals surface area contributed by atoms with Crippen LogP contribution in [0.15, 0.2) is 42.5 Å².